The molecule has 2 rings (SSSR count). The van der Waals surface area contributed by atoms with E-state index in [0.29, 0.717) is 11.4 Å². The maximum Gasteiger partial charge on any atom is 0.343 e. The highest BCUT2D eigenvalue weighted by atomic mass is 16.5. The number of methoxy groups -OCH3 is 1. The Morgan fingerprint density at radius 3 is 2.72 bits per heavy atom. The number of carboxylic acids is 1. The van der Waals surface area contributed by atoms with Gasteiger partial charge in [0, 0.05) is 6.07 Å². The molecule has 1 heterocycles. The highest BCUT2D eigenvalue weighted by molar-refractivity contribution is 5.91. The quantitative estimate of drug-likeness (QED) is 0.861. The van der Waals surface area contributed by atoms with E-state index in [2.05, 4.69) is 5.10 Å². The van der Waals surface area contributed by atoms with E-state index in [4.69, 9.17) is 9.84 Å². The lowest BCUT2D eigenvalue weighted by Gasteiger charge is -2.06. The van der Waals surface area contributed by atoms with Crippen LogP contribution in [-0.4, -0.2) is 33.1 Å². The fourth-order valence-corrected chi connectivity index (χ4v) is 1.74. The molecule has 0 aliphatic heterocycles. The number of ether oxygens (including phenoxy) is 1. The Balaban J connectivity index is 2.65. The molecule has 0 aliphatic rings. The number of carbonyl (C=O) groups is 1. The zero-order chi connectivity index (χ0) is 13.3. The van der Waals surface area contributed by atoms with Crippen molar-refractivity contribution in [2.24, 2.45) is 0 Å². The molecule has 0 unspecified atom stereocenters. The molecular weight excluding hydrogens is 236 g/mol. The van der Waals surface area contributed by atoms with Gasteiger partial charge in [-0.2, -0.15) is 9.78 Å². The summed E-state index contributed by atoms with van der Waals surface area (Å²) >= 11 is 0. The summed E-state index contributed by atoms with van der Waals surface area (Å²) in [5, 5.41) is 22.6. The van der Waals surface area contributed by atoms with E-state index < -0.39 is 5.97 Å². The second kappa shape index (κ2) is 4.40. The van der Waals surface area contributed by atoms with Crippen LogP contribution in [-0.2, 0) is 0 Å². The van der Waals surface area contributed by atoms with Gasteiger partial charge in [0.1, 0.15) is 11.3 Å². The van der Waals surface area contributed by atoms with Gasteiger partial charge in [-0.05, 0) is 19.1 Å². The van der Waals surface area contributed by atoms with E-state index in [1.807, 2.05) is 0 Å². The smallest absolute Gasteiger partial charge is 0.343 e. The van der Waals surface area contributed by atoms with Crippen molar-refractivity contribution in [3.63, 3.8) is 0 Å². The maximum atomic E-state index is 11.1. The van der Waals surface area contributed by atoms with Gasteiger partial charge < -0.3 is 14.9 Å². The lowest BCUT2D eigenvalue weighted by molar-refractivity contribution is 0.0692. The zero-order valence-electron chi connectivity index (χ0n) is 9.91. The summed E-state index contributed by atoms with van der Waals surface area (Å²) in [5.74, 6) is -0.902. The first-order chi connectivity index (χ1) is 8.54. The van der Waals surface area contributed by atoms with Crippen LogP contribution in [0.25, 0.3) is 5.69 Å². The van der Waals surface area contributed by atoms with Crippen LogP contribution in [0.3, 0.4) is 0 Å². The van der Waals surface area contributed by atoms with Crippen molar-refractivity contribution in [1.82, 2.24) is 9.78 Å². The minimum absolute atomic E-state index is 0.0147. The molecule has 2 aromatic rings. The first kappa shape index (κ1) is 12.0. The van der Waals surface area contributed by atoms with Gasteiger partial charge in [0.05, 0.1) is 18.5 Å². The van der Waals surface area contributed by atoms with Crippen LogP contribution < -0.4 is 4.74 Å². The summed E-state index contributed by atoms with van der Waals surface area (Å²) in [6.45, 7) is 1.59. The second-order valence-corrected chi connectivity index (χ2v) is 3.71. The number of phenolic OH excluding ortho intramolecular Hbond substituents is 1. The third-order valence-electron chi connectivity index (χ3n) is 2.50. The van der Waals surface area contributed by atoms with Crippen molar-refractivity contribution in [3.8, 4) is 17.3 Å². The molecule has 0 saturated carbocycles. The minimum atomic E-state index is -1.10. The molecule has 1 aromatic heterocycles. The minimum Gasteiger partial charge on any atom is -0.508 e. The summed E-state index contributed by atoms with van der Waals surface area (Å²) in [4.78, 5) is 11.1. The topological polar surface area (TPSA) is 84.6 Å². The van der Waals surface area contributed by atoms with Crippen molar-refractivity contribution in [2.75, 3.05) is 7.11 Å². The molecule has 94 valence electrons. The number of hydrogen-bond donors (Lipinski definition) is 2. The third kappa shape index (κ3) is 1.88. The molecule has 0 atom stereocenters. The van der Waals surface area contributed by atoms with E-state index in [0.717, 1.165) is 0 Å². The van der Waals surface area contributed by atoms with Crippen LogP contribution in [0.4, 0.5) is 0 Å². The van der Waals surface area contributed by atoms with Crippen LogP contribution in [0.2, 0.25) is 0 Å². The first-order valence-corrected chi connectivity index (χ1v) is 5.21. The number of nitrogens with zero attached hydrogens (tertiary/aromatic N) is 2. The van der Waals surface area contributed by atoms with Crippen molar-refractivity contribution in [1.29, 1.82) is 0 Å². The third-order valence-corrected chi connectivity index (χ3v) is 2.50. The molecule has 0 amide bonds. The Kier molecular flexibility index (Phi) is 2.93. The molecule has 2 N–H and O–H groups in total. The summed E-state index contributed by atoms with van der Waals surface area (Å²) in [6, 6.07) is 6.33. The maximum absolute atomic E-state index is 11.1. The Bertz CT molecular complexity index is 604. The van der Waals surface area contributed by atoms with Crippen molar-refractivity contribution in [3.05, 3.63) is 35.5 Å². The number of aromatic nitrogens is 2. The highest BCUT2D eigenvalue weighted by Gasteiger charge is 2.22. The van der Waals surface area contributed by atoms with Gasteiger partial charge in [0.2, 0.25) is 5.88 Å². The lowest BCUT2D eigenvalue weighted by atomic mass is 10.2. The number of aryl methyl sites for hydroxylation is 1. The van der Waals surface area contributed by atoms with Crippen LogP contribution >= 0.6 is 0 Å². The monoisotopic (exact) mass is 248 g/mol. The first-order valence-electron chi connectivity index (χ1n) is 5.21. The number of aromatic carboxylic acids is 1. The van der Waals surface area contributed by atoms with E-state index in [-0.39, 0.29) is 17.2 Å². The van der Waals surface area contributed by atoms with E-state index >= 15 is 0 Å². The number of hydrogen-bond acceptors (Lipinski definition) is 4. The predicted molar refractivity (Wildman–Crippen MR) is 63.5 cm³/mol. The predicted octanol–water partition coefficient (Wildman–Crippen LogP) is 1.59. The average molecular weight is 248 g/mol. The fraction of sp³-hybridized carbons (Fsp3) is 0.167. The largest absolute Gasteiger partial charge is 0.508 e. The SMILES string of the molecule is COc1c(C(=O)O)c(C)nn1-c1cccc(O)c1. The molecule has 1 aromatic carbocycles. The van der Waals surface area contributed by atoms with Crippen molar-refractivity contribution >= 4 is 5.97 Å². The number of aromatic hydroxyl groups is 1. The molecule has 0 radical (unpaired) electrons. The molecule has 0 aliphatic carbocycles. The number of rotatable bonds is 3. The van der Waals surface area contributed by atoms with Gasteiger partial charge in [-0.3, -0.25) is 0 Å². The van der Waals surface area contributed by atoms with Crippen molar-refractivity contribution < 1.29 is 19.7 Å². The molecule has 6 nitrogen and oxygen atoms in total. The highest BCUT2D eigenvalue weighted by Crippen LogP contribution is 2.26. The van der Waals surface area contributed by atoms with Gasteiger partial charge in [-0.25, -0.2) is 4.79 Å². The normalized spacial score (nSPS) is 10.3. The summed E-state index contributed by atoms with van der Waals surface area (Å²) in [7, 11) is 1.38. The van der Waals surface area contributed by atoms with Crippen LogP contribution in [0.15, 0.2) is 24.3 Å². The number of carboxylic acid groups (broad SMARTS) is 1. The molecule has 0 spiro atoms. The number of phenols is 1. The van der Waals surface area contributed by atoms with Gasteiger partial charge >= 0.3 is 5.97 Å². The van der Waals surface area contributed by atoms with Crippen LogP contribution in [0.5, 0.6) is 11.6 Å². The number of benzene rings is 1. The molecule has 0 fully saturated rings. The average Bonchev–Trinajstić information content (AvgIpc) is 2.66. The van der Waals surface area contributed by atoms with Gasteiger partial charge in [0.25, 0.3) is 0 Å². The Hall–Kier alpha value is -2.50. The molecule has 0 bridgehead atoms. The molecule has 18 heavy (non-hydrogen) atoms. The summed E-state index contributed by atoms with van der Waals surface area (Å²) in [6.07, 6.45) is 0. The molecule has 0 saturated heterocycles. The Labute approximate surface area is 103 Å². The van der Waals surface area contributed by atoms with Crippen LogP contribution in [0, 0.1) is 6.92 Å². The zero-order valence-corrected chi connectivity index (χ0v) is 9.91. The summed E-state index contributed by atoms with van der Waals surface area (Å²) in [5.41, 5.74) is 0.894. The van der Waals surface area contributed by atoms with Gasteiger partial charge in [0.15, 0.2) is 0 Å². The Morgan fingerprint density at radius 2 is 2.17 bits per heavy atom. The standard InChI is InChI=1S/C12H12N2O4/c1-7-10(12(16)17)11(18-2)14(13-7)8-4-3-5-9(15)6-8/h3-6,15H,1-2H3,(H,16,17). The summed E-state index contributed by atoms with van der Waals surface area (Å²) < 4.78 is 6.44. The molecule has 6 heteroatoms. The fourth-order valence-electron chi connectivity index (χ4n) is 1.74. The molecular formula is C12H12N2O4. The Morgan fingerprint density at radius 1 is 1.44 bits per heavy atom. The van der Waals surface area contributed by atoms with E-state index in [1.54, 1.807) is 19.1 Å². The van der Waals surface area contributed by atoms with E-state index in [1.165, 1.54) is 23.9 Å². The van der Waals surface area contributed by atoms with Crippen LogP contribution in [0.1, 0.15) is 16.1 Å². The van der Waals surface area contributed by atoms with Gasteiger partial charge in [-0.15, -0.1) is 0 Å². The lowest BCUT2D eigenvalue weighted by Crippen LogP contribution is -2.03. The van der Waals surface area contributed by atoms with E-state index in [9.17, 15) is 9.90 Å². The van der Waals surface area contributed by atoms with Crippen molar-refractivity contribution in [2.45, 2.75) is 6.92 Å². The van der Waals surface area contributed by atoms with Gasteiger partial charge in [-0.1, -0.05) is 6.07 Å². The second-order valence-electron chi connectivity index (χ2n) is 3.71.